The SMILES string of the molecule is Cc1csc(C(C)CNC(=O)Nc2nocc2C)n1. The Hall–Kier alpha value is -1.89. The lowest BCUT2D eigenvalue weighted by atomic mass is 10.2. The number of aromatic nitrogens is 2. The number of amides is 2. The van der Waals surface area contributed by atoms with Crippen LogP contribution in [0.1, 0.15) is 29.1 Å². The maximum atomic E-state index is 11.7. The molecule has 2 heterocycles. The lowest BCUT2D eigenvalue weighted by molar-refractivity contribution is 0.251. The number of aryl methyl sites for hydroxylation is 2. The zero-order chi connectivity index (χ0) is 13.8. The smallest absolute Gasteiger partial charge is 0.320 e. The van der Waals surface area contributed by atoms with E-state index in [1.54, 1.807) is 11.3 Å². The van der Waals surface area contributed by atoms with Gasteiger partial charge in [0.2, 0.25) is 0 Å². The van der Waals surface area contributed by atoms with Gasteiger partial charge in [0.1, 0.15) is 6.26 Å². The third-order valence-corrected chi connectivity index (χ3v) is 3.80. The van der Waals surface area contributed by atoms with Crippen LogP contribution >= 0.6 is 11.3 Å². The van der Waals surface area contributed by atoms with E-state index in [4.69, 9.17) is 4.52 Å². The molecule has 0 fully saturated rings. The van der Waals surface area contributed by atoms with Crippen molar-refractivity contribution in [3.8, 4) is 0 Å². The molecule has 2 rings (SSSR count). The van der Waals surface area contributed by atoms with Gasteiger partial charge in [0, 0.05) is 29.1 Å². The van der Waals surface area contributed by atoms with Crippen molar-refractivity contribution in [3.63, 3.8) is 0 Å². The number of anilines is 1. The molecule has 0 aliphatic rings. The first-order valence-electron chi connectivity index (χ1n) is 5.94. The van der Waals surface area contributed by atoms with Crippen molar-refractivity contribution < 1.29 is 9.32 Å². The normalized spacial score (nSPS) is 12.2. The number of nitrogens with zero attached hydrogens (tertiary/aromatic N) is 2. The van der Waals surface area contributed by atoms with Crippen molar-refractivity contribution in [2.45, 2.75) is 26.7 Å². The Morgan fingerprint density at radius 2 is 2.32 bits per heavy atom. The van der Waals surface area contributed by atoms with Crippen LogP contribution < -0.4 is 10.6 Å². The number of hydrogen-bond acceptors (Lipinski definition) is 5. The summed E-state index contributed by atoms with van der Waals surface area (Å²) in [4.78, 5) is 16.1. The van der Waals surface area contributed by atoms with Gasteiger partial charge >= 0.3 is 6.03 Å². The Morgan fingerprint density at radius 3 is 2.89 bits per heavy atom. The predicted octanol–water partition coefficient (Wildman–Crippen LogP) is 2.67. The average molecular weight is 280 g/mol. The summed E-state index contributed by atoms with van der Waals surface area (Å²) < 4.78 is 4.74. The number of hydrogen-bond donors (Lipinski definition) is 2. The molecule has 2 aromatic heterocycles. The number of thiazole rings is 1. The summed E-state index contributed by atoms with van der Waals surface area (Å²) in [6.07, 6.45) is 1.48. The molecule has 19 heavy (non-hydrogen) atoms. The average Bonchev–Trinajstić information content (AvgIpc) is 2.96. The standard InChI is InChI=1S/C12H16N4O2S/c1-7(11-14-9(3)6-19-11)4-13-12(17)15-10-8(2)5-18-16-10/h5-7H,4H2,1-3H3,(H2,13,15,16,17). The molecule has 1 atom stereocenters. The van der Waals surface area contributed by atoms with Crippen LogP contribution in [0.4, 0.5) is 10.6 Å². The molecule has 0 spiro atoms. The van der Waals surface area contributed by atoms with E-state index < -0.39 is 0 Å². The number of carbonyl (C=O) groups is 1. The van der Waals surface area contributed by atoms with Gasteiger partial charge in [-0.2, -0.15) is 0 Å². The molecule has 0 saturated heterocycles. The van der Waals surface area contributed by atoms with Gasteiger partial charge in [-0.15, -0.1) is 11.3 Å². The third kappa shape index (κ3) is 3.54. The summed E-state index contributed by atoms with van der Waals surface area (Å²) in [5.74, 6) is 0.623. The molecule has 0 bridgehead atoms. The highest BCUT2D eigenvalue weighted by atomic mass is 32.1. The molecule has 0 aliphatic heterocycles. The molecule has 0 aromatic carbocycles. The maximum absolute atomic E-state index is 11.7. The molecule has 102 valence electrons. The van der Waals surface area contributed by atoms with Crippen LogP contribution in [0.5, 0.6) is 0 Å². The second-order valence-electron chi connectivity index (χ2n) is 4.41. The fourth-order valence-corrected chi connectivity index (χ4v) is 2.35. The molecule has 0 aliphatic carbocycles. The Kier molecular flexibility index (Phi) is 4.16. The van der Waals surface area contributed by atoms with Gasteiger partial charge in [0.15, 0.2) is 5.82 Å². The van der Waals surface area contributed by atoms with Gasteiger partial charge in [-0.1, -0.05) is 12.1 Å². The Balaban J connectivity index is 1.82. The first kappa shape index (κ1) is 13.5. The summed E-state index contributed by atoms with van der Waals surface area (Å²) in [6, 6.07) is -0.294. The van der Waals surface area contributed by atoms with Gasteiger partial charge in [0.25, 0.3) is 0 Å². The molecule has 2 N–H and O–H groups in total. The van der Waals surface area contributed by atoms with Crippen LogP contribution in [0.25, 0.3) is 0 Å². The van der Waals surface area contributed by atoms with Gasteiger partial charge < -0.3 is 9.84 Å². The topological polar surface area (TPSA) is 80.0 Å². The molecule has 2 amide bonds. The van der Waals surface area contributed by atoms with Crippen molar-refractivity contribution >= 4 is 23.2 Å². The van der Waals surface area contributed by atoms with Crippen molar-refractivity contribution in [1.29, 1.82) is 0 Å². The number of carbonyl (C=O) groups excluding carboxylic acids is 1. The second kappa shape index (κ2) is 5.83. The molecule has 6 nitrogen and oxygen atoms in total. The molecular weight excluding hydrogens is 264 g/mol. The quantitative estimate of drug-likeness (QED) is 0.902. The van der Waals surface area contributed by atoms with Crippen LogP contribution in [-0.4, -0.2) is 22.7 Å². The lowest BCUT2D eigenvalue weighted by Crippen LogP contribution is -2.32. The highest BCUT2D eigenvalue weighted by Gasteiger charge is 2.12. The Morgan fingerprint density at radius 1 is 1.53 bits per heavy atom. The Bertz CT molecular complexity index is 564. The van der Waals surface area contributed by atoms with Crippen LogP contribution in [0.3, 0.4) is 0 Å². The predicted molar refractivity (Wildman–Crippen MR) is 73.5 cm³/mol. The summed E-state index contributed by atoms with van der Waals surface area (Å²) in [5, 5.41) is 12.1. The fourth-order valence-electron chi connectivity index (χ4n) is 1.49. The van der Waals surface area contributed by atoms with E-state index in [1.807, 2.05) is 26.2 Å². The van der Waals surface area contributed by atoms with E-state index in [0.717, 1.165) is 16.3 Å². The van der Waals surface area contributed by atoms with Gasteiger partial charge in [-0.25, -0.2) is 9.78 Å². The minimum absolute atomic E-state index is 0.183. The summed E-state index contributed by atoms with van der Waals surface area (Å²) >= 11 is 1.61. The van der Waals surface area contributed by atoms with E-state index >= 15 is 0 Å². The van der Waals surface area contributed by atoms with Crippen molar-refractivity contribution in [1.82, 2.24) is 15.5 Å². The number of nitrogens with one attached hydrogen (secondary N) is 2. The maximum Gasteiger partial charge on any atom is 0.320 e. The van der Waals surface area contributed by atoms with Gasteiger partial charge in [-0.05, 0) is 13.8 Å². The molecule has 1 unspecified atom stereocenters. The van der Waals surface area contributed by atoms with E-state index in [-0.39, 0.29) is 11.9 Å². The summed E-state index contributed by atoms with van der Waals surface area (Å²) in [6.45, 7) is 6.32. The molecular formula is C12H16N4O2S. The summed E-state index contributed by atoms with van der Waals surface area (Å²) in [5.41, 5.74) is 1.80. The van der Waals surface area contributed by atoms with Crippen LogP contribution in [0.15, 0.2) is 16.2 Å². The Labute approximate surface area is 115 Å². The van der Waals surface area contributed by atoms with E-state index in [2.05, 4.69) is 20.8 Å². The first-order chi connectivity index (χ1) is 9.06. The van der Waals surface area contributed by atoms with E-state index in [1.165, 1.54) is 6.26 Å². The van der Waals surface area contributed by atoms with Crippen molar-refractivity contribution in [2.24, 2.45) is 0 Å². The zero-order valence-electron chi connectivity index (χ0n) is 11.1. The highest BCUT2D eigenvalue weighted by molar-refractivity contribution is 7.09. The van der Waals surface area contributed by atoms with Crippen LogP contribution in [0, 0.1) is 13.8 Å². The fraction of sp³-hybridized carbons (Fsp3) is 0.417. The van der Waals surface area contributed by atoms with E-state index in [0.29, 0.717) is 12.4 Å². The van der Waals surface area contributed by atoms with Crippen LogP contribution in [0.2, 0.25) is 0 Å². The van der Waals surface area contributed by atoms with Crippen molar-refractivity contribution in [2.75, 3.05) is 11.9 Å². The minimum atomic E-state index is -0.294. The number of urea groups is 1. The van der Waals surface area contributed by atoms with Gasteiger partial charge in [0.05, 0.1) is 5.01 Å². The highest BCUT2D eigenvalue weighted by Crippen LogP contribution is 2.18. The lowest BCUT2D eigenvalue weighted by Gasteiger charge is -2.10. The third-order valence-electron chi connectivity index (χ3n) is 2.61. The largest absolute Gasteiger partial charge is 0.362 e. The van der Waals surface area contributed by atoms with Crippen molar-refractivity contribution in [3.05, 3.63) is 27.9 Å². The molecule has 0 saturated carbocycles. The molecule has 0 radical (unpaired) electrons. The first-order valence-corrected chi connectivity index (χ1v) is 6.82. The summed E-state index contributed by atoms with van der Waals surface area (Å²) in [7, 11) is 0. The molecule has 7 heteroatoms. The monoisotopic (exact) mass is 280 g/mol. The zero-order valence-corrected chi connectivity index (χ0v) is 11.9. The minimum Gasteiger partial charge on any atom is -0.362 e. The second-order valence-corrected chi connectivity index (χ2v) is 5.30. The van der Waals surface area contributed by atoms with E-state index in [9.17, 15) is 4.79 Å². The molecule has 2 aromatic rings. The number of rotatable bonds is 4. The van der Waals surface area contributed by atoms with Crippen LogP contribution in [-0.2, 0) is 0 Å². The van der Waals surface area contributed by atoms with Gasteiger partial charge in [-0.3, -0.25) is 5.32 Å².